The Hall–Kier alpha value is -1.88. The third-order valence-corrected chi connectivity index (χ3v) is 3.77. The number of carbonyl (C=O) groups excluding carboxylic acids is 2. The van der Waals surface area contributed by atoms with Crippen LogP contribution in [-0.2, 0) is 11.3 Å². The Labute approximate surface area is 132 Å². The zero-order chi connectivity index (χ0) is 16.3. The standard InChI is InChI=1S/C17H25N3O2/c1-12(2)9-15-16(21)20(17(22)18-15)11-19(4)10-14-7-5-13(3)6-8-14/h5-8,12,15H,9-11H2,1-4H3,(H,18,22). The van der Waals surface area contributed by atoms with Crippen LogP contribution in [0.15, 0.2) is 24.3 Å². The quantitative estimate of drug-likeness (QED) is 0.821. The molecule has 1 N–H and O–H groups in total. The van der Waals surface area contributed by atoms with Crippen LogP contribution in [0.4, 0.5) is 4.79 Å². The highest BCUT2D eigenvalue weighted by molar-refractivity contribution is 6.04. The van der Waals surface area contributed by atoms with E-state index in [2.05, 4.69) is 36.5 Å². The summed E-state index contributed by atoms with van der Waals surface area (Å²) >= 11 is 0. The molecule has 5 heteroatoms. The van der Waals surface area contributed by atoms with Gasteiger partial charge >= 0.3 is 6.03 Å². The predicted molar refractivity (Wildman–Crippen MR) is 86.1 cm³/mol. The van der Waals surface area contributed by atoms with Crippen molar-refractivity contribution < 1.29 is 9.59 Å². The number of aryl methyl sites for hydroxylation is 1. The molecule has 0 aliphatic carbocycles. The summed E-state index contributed by atoms with van der Waals surface area (Å²) in [5.41, 5.74) is 2.39. The van der Waals surface area contributed by atoms with Gasteiger partial charge in [-0.25, -0.2) is 9.69 Å². The van der Waals surface area contributed by atoms with Crippen LogP contribution in [0.25, 0.3) is 0 Å². The highest BCUT2D eigenvalue weighted by atomic mass is 16.2. The van der Waals surface area contributed by atoms with E-state index < -0.39 is 0 Å². The number of carbonyl (C=O) groups is 2. The molecule has 120 valence electrons. The summed E-state index contributed by atoms with van der Waals surface area (Å²) in [6.45, 7) is 7.16. The molecule has 22 heavy (non-hydrogen) atoms. The minimum Gasteiger partial charge on any atom is -0.326 e. The van der Waals surface area contributed by atoms with Crippen LogP contribution >= 0.6 is 0 Å². The lowest BCUT2D eigenvalue weighted by Gasteiger charge is -2.22. The first kappa shape index (κ1) is 16.5. The van der Waals surface area contributed by atoms with Crippen molar-refractivity contribution in [3.05, 3.63) is 35.4 Å². The van der Waals surface area contributed by atoms with Gasteiger partial charge in [0, 0.05) is 6.54 Å². The zero-order valence-corrected chi connectivity index (χ0v) is 13.8. The SMILES string of the molecule is Cc1ccc(CN(C)CN2C(=O)NC(CC(C)C)C2=O)cc1. The topological polar surface area (TPSA) is 52.6 Å². The summed E-state index contributed by atoms with van der Waals surface area (Å²) in [6.07, 6.45) is 0.683. The minimum atomic E-state index is -0.375. The maximum atomic E-state index is 12.3. The second kappa shape index (κ2) is 6.92. The van der Waals surface area contributed by atoms with Gasteiger partial charge in [-0.3, -0.25) is 9.69 Å². The Balaban J connectivity index is 1.93. The molecule has 3 amide bonds. The van der Waals surface area contributed by atoms with Crippen molar-refractivity contribution in [2.24, 2.45) is 5.92 Å². The monoisotopic (exact) mass is 303 g/mol. The summed E-state index contributed by atoms with van der Waals surface area (Å²) in [6, 6.07) is 7.61. The fourth-order valence-electron chi connectivity index (χ4n) is 2.64. The molecule has 2 rings (SSSR count). The molecule has 1 aromatic carbocycles. The fraction of sp³-hybridized carbons (Fsp3) is 0.529. The molecule has 1 unspecified atom stereocenters. The van der Waals surface area contributed by atoms with Gasteiger partial charge in [0.15, 0.2) is 0 Å². The highest BCUT2D eigenvalue weighted by Gasteiger charge is 2.38. The Morgan fingerprint density at radius 1 is 1.23 bits per heavy atom. The van der Waals surface area contributed by atoms with Crippen LogP contribution in [0, 0.1) is 12.8 Å². The molecule has 0 bridgehead atoms. The number of amides is 3. The van der Waals surface area contributed by atoms with Gasteiger partial charge in [0.25, 0.3) is 5.91 Å². The molecule has 0 aromatic heterocycles. The summed E-state index contributed by atoms with van der Waals surface area (Å²) < 4.78 is 0. The van der Waals surface area contributed by atoms with Crippen LogP contribution in [0.5, 0.6) is 0 Å². The van der Waals surface area contributed by atoms with E-state index in [1.165, 1.54) is 16.0 Å². The second-order valence-corrected chi connectivity index (χ2v) is 6.54. The Morgan fingerprint density at radius 3 is 2.45 bits per heavy atom. The van der Waals surface area contributed by atoms with Crippen LogP contribution in [0.1, 0.15) is 31.4 Å². The molecule has 1 atom stereocenters. The van der Waals surface area contributed by atoms with Crippen molar-refractivity contribution in [1.82, 2.24) is 15.1 Å². The fourth-order valence-corrected chi connectivity index (χ4v) is 2.64. The van der Waals surface area contributed by atoms with Crippen LogP contribution in [-0.4, -0.2) is 41.5 Å². The predicted octanol–water partition coefficient (Wildman–Crippen LogP) is 2.35. The van der Waals surface area contributed by atoms with Crippen molar-refractivity contribution in [2.75, 3.05) is 13.7 Å². The van der Waals surface area contributed by atoms with Crippen molar-refractivity contribution in [3.63, 3.8) is 0 Å². The van der Waals surface area contributed by atoms with Gasteiger partial charge in [-0.15, -0.1) is 0 Å². The van der Waals surface area contributed by atoms with Crippen molar-refractivity contribution in [2.45, 2.75) is 39.8 Å². The van der Waals surface area contributed by atoms with E-state index in [1.807, 2.05) is 25.8 Å². The molecule has 0 saturated carbocycles. The summed E-state index contributed by atoms with van der Waals surface area (Å²) in [5, 5.41) is 2.77. The molecule has 0 radical (unpaired) electrons. The minimum absolute atomic E-state index is 0.116. The number of nitrogens with one attached hydrogen (secondary N) is 1. The number of nitrogens with zero attached hydrogens (tertiary/aromatic N) is 2. The maximum Gasteiger partial charge on any atom is 0.325 e. The zero-order valence-electron chi connectivity index (χ0n) is 13.8. The lowest BCUT2D eigenvalue weighted by Crippen LogP contribution is -2.40. The molecule has 0 spiro atoms. The number of benzene rings is 1. The second-order valence-electron chi connectivity index (χ2n) is 6.54. The van der Waals surface area contributed by atoms with Gasteiger partial charge in [-0.1, -0.05) is 43.7 Å². The van der Waals surface area contributed by atoms with Crippen molar-refractivity contribution in [1.29, 1.82) is 0 Å². The van der Waals surface area contributed by atoms with Gasteiger partial charge < -0.3 is 5.32 Å². The van der Waals surface area contributed by atoms with E-state index in [4.69, 9.17) is 0 Å². The average molecular weight is 303 g/mol. The van der Waals surface area contributed by atoms with Gasteiger partial charge in [0.2, 0.25) is 0 Å². The maximum absolute atomic E-state index is 12.3. The van der Waals surface area contributed by atoms with Crippen molar-refractivity contribution >= 4 is 11.9 Å². The van der Waals surface area contributed by atoms with E-state index in [-0.39, 0.29) is 18.0 Å². The third kappa shape index (κ3) is 4.07. The summed E-state index contributed by atoms with van der Waals surface area (Å²) in [5.74, 6) is 0.258. The molecular weight excluding hydrogens is 278 g/mol. The van der Waals surface area contributed by atoms with Gasteiger partial charge in [0.1, 0.15) is 6.04 Å². The molecule has 1 aromatic rings. The molecule has 1 aliphatic rings. The highest BCUT2D eigenvalue weighted by Crippen LogP contribution is 2.15. The lowest BCUT2D eigenvalue weighted by atomic mass is 10.0. The number of hydrogen-bond donors (Lipinski definition) is 1. The van der Waals surface area contributed by atoms with Crippen LogP contribution in [0.2, 0.25) is 0 Å². The van der Waals surface area contributed by atoms with E-state index in [1.54, 1.807) is 0 Å². The summed E-state index contributed by atoms with van der Waals surface area (Å²) in [4.78, 5) is 27.6. The Bertz CT molecular complexity index is 539. The van der Waals surface area contributed by atoms with Crippen molar-refractivity contribution in [3.8, 4) is 0 Å². The Kier molecular flexibility index (Phi) is 5.19. The molecule has 1 aliphatic heterocycles. The summed E-state index contributed by atoms with van der Waals surface area (Å²) in [7, 11) is 1.91. The van der Waals surface area contributed by atoms with Gasteiger partial charge in [0.05, 0.1) is 6.67 Å². The normalized spacial score (nSPS) is 18.5. The van der Waals surface area contributed by atoms with Crippen LogP contribution in [0.3, 0.4) is 0 Å². The first-order valence-electron chi connectivity index (χ1n) is 7.72. The van der Waals surface area contributed by atoms with E-state index in [9.17, 15) is 9.59 Å². The molecular formula is C17H25N3O2. The number of imide groups is 1. The number of urea groups is 1. The van der Waals surface area contributed by atoms with Gasteiger partial charge in [-0.2, -0.15) is 0 Å². The first-order chi connectivity index (χ1) is 10.4. The van der Waals surface area contributed by atoms with E-state index in [0.717, 1.165) is 0 Å². The lowest BCUT2D eigenvalue weighted by molar-refractivity contribution is -0.129. The smallest absolute Gasteiger partial charge is 0.325 e. The molecule has 1 fully saturated rings. The largest absolute Gasteiger partial charge is 0.326 e. The number of hydrogen-bond acceptors (Lipinski definition) is 3. The molecule has 1 heterocycles. The van der Waals surface area contributed by atoms with E-state index >= 15 is 0 Å². The van der Waals surface area contributed by atoms with Gasteiger partial charge in [-0.05, 0) is 31.9 Å². The molecule has 5 nitrogen and oxygen atoms in total. The first-order valence-corrected chi connectivity index (χ1v) is 7.72. The Morgan fingerprint density at radius 2 is 1.86 bits per heavy atom. The molecule has 1 saturated heterocycles. The number of rotatable bonds is 6. The van der Waals surface area contributed by atoms with E-state index in [0.29, 0.717) is 25.6 Å². The third-order valence-electron chi connectivity index (χ3n) is 3.77. The van der Waals surface area contributed by atoms with Crippen LogP contribution < -0.4 is 5.32 Å². The average Bonchev–Trinajstić information content (AvgIpc) is 2.68.